The van der Waals surface area contributed by atoms with Crippen LogP contribution in [-0.4, -0.2) is 29.3 Å². The number of aliphatic carboxylic acids is 1. The van der Waals surface area contributed by atoms with Gasteiger partial charge in [0, 0.05) is 12.3 Å². The van der Waals surface area contributed by atoms with Gasteiger partial charge in [-0.25, -0.2) is 4.79 Å². The summed E-state index contributed by atoms with van der Waals surface area (Å²) in [6.07, 6.45) is 4.50. The lowest BCUT2D eigenvalue weighted by Gasteiger charge is -2.38. The second-order valence-corrected chi connectivity index (χ2v) is 3.54. The molecule has 4 heteroatoms. The summed E-state index contributed by atoms with van der Waals surface area (Å²) < 4.78 is 5.14. The standard InChI is InChI=1S/C11H11NO3/c13-10(14)4-5-11(7-15-8-11)9-3-1-2-6-12-9/h1-6H,7-8H2,(H,13,14)/b5-4+. The zero-order chi connectivity index (χ0) is 10.7. The van der Waals surface area contributed by atoms with Gasteiger partial charge in [-0.1, -0.05) is 12.1 Å². The van der Waals surface area contributed by atoms with Gasteiger partial charge >= 0.3 is 5.97 Å². The first kappa shape index (κ1) is 9.86. The minimum Gasteiger partial charge on any atom is -0.478 e. The average molecular weight is 205 g/mol. The van der Waals surface area contributed by atoms with Gasteiger partial charge in [-0.15, -0.1) is 0 Å². The second kappa shape index (κ2) is 3.82. The quantitative estimate of drug-likeness (QED) is 0.747. The fourth-order valence-corrected chi connectivity index (χ4v) is 1.54. The molecule has 1 aromatic heterocycles. The van der Waals surface area contributed by atoms with Crippen molar-refractivity contribution in [1.82, 2.24) is 4.98 Å². The van der Waals surface area contributed by atoms with Crippen LogP contribution in [0.2, 0.25) is 0 Å². The summed E-state index contributed by atoms with van der Waals surface area (Å²) in [7, 11) is 0. The van der Waals surface area contributed by atoms with E-state index in [-0.39, 0.29) is 5.41 Å². The number of pyridine rings is 1. The van der Waals surface area contributed by atoms with Crippen LogP contribution in [0.4, 0.5) is 0 Å². The number of aromatic nitrogens is 1. The molecule has 2 heterocycles. The maximum Gasteiger partial charge on any atom is 0.328 e. The first-order valence-corrected chi connectivity index (χ1v) is 4.64. The number of nitrogens with zero attached hydrogens (tertiary/aromatic N) is 1. The molecule has 0 saturated carbocycles. The van der Waals surface area contributed by atoms with Crippen molar-refractivity contribution in [2.24, 2.45) is 0 Å². The number of carboxylic acids is 1. The van der Waals surface area contributed by atoms with E-state index in [4.69, 9.17) is 9.84 Å². The predicted octanol–water partition coefficient (Wildman–Crippen LogP) is 0.990. The predicted molar refractivity (Wildman–Crippen MR) is 53.5 cm³/mol. The van der Waals surface area contributed by atoms with Gasteiger partial charge in [-0.2, -0.15) is 0 Å². The van der Waals surface area contributed by atoms with E-state index in [0.717, 1.165) is 11.8 Å². The van der Waals surface area contributed by atoms with Gasteiger partial charge in [0.25, 0.3) is 0 Å². The summed E-state index contributed by atoms with van der Waals surface area (Å²) in [6, 6.07) is 5.60. The largest absolute Gasteiger partial charge is 0.478 e. The van der Waals surface area contributed by atoms with Crippen molar-refractivity contribution in [3.63, 3.8) is 0 Å². The van der Waals surface area contributed by atoms with Crippen molar-refractivity contribution in [3.05, 3.63) is 42.2 Å². The minimum absolute atomic E-state index is 0.348. The Hall–Kier alpha value is -1.68. The normalized spacial score (nSPS) is 18.7. The van der Waals surface area contributed by atoms with Crippen molar-refractivity contribution in [2.75, 3.05) is 13.2 Å². The summed E-state index contributed by atoms with van der Waals surface area (Å²) >= 11 is 0. The van der Waals surface area contributed by atoms with Crippen LogP contribution in [0.5, 0.6) is 0 Å². The van der Waals surface area contributed by atoms with Crippen LogP contribution in [0.3, 0.4) is 0 Å². The van der Waals surface area contributed by atoms with Crippen LogP contribution >= 0.6 is 0 Å². The molecule has 2 rings (SSSR count). The van der Waals surface area contributed by atoms with Crippen molar-refractivity contribution in [2.45, 2.75) is 5.41 Å². The third-order valence-corrected chi connectivity index (χ3v) is 2.44. The maximum atomic E-state index is 10.5. The SMILES string of the molecule is O=C(O)/C=C/C1(c2ccccn2)COC1. The summed E-state index contributed by atoms with van der Waals surface area (Å²) in [5.74, 6) is -0.947. The monoisotopic (exact) mass is 205 g/mol. The molecule has 1 saturated heterocycles. The van der Waals surface area contributed by atoms with E-state index in [9.17, 15) is 4.79 Å². The highest BCUT2D eigenvalue weighted by molar-refractivity contribution is 5.80. The van der Waals surface area contributed by atoms with Crippen molar-refractivity contribution < 1.29 is 14.6 Å². The molecule has 1 aliphatic heterocycles. The van der Waals surface area contributed by atoms with E-state index < -0.39 is 5.97 Å². The molecule has 0 unspecified atom stereocenters. The molecular formula is C11H11NO3. The number of rotatable bonds is 3. The van der Waals surface area contributed by atoms with Crippen molar-refractivity contribution >= 4 is 5.97 Å². The van der Waals surface area contributed by atoms with Gasteiger partial charge in [0.05, 0.1) is 24.3 Å². The van der Waals surface area contributed by atoms with Crippen molar-refractivity contribution in [1.29, 1.82) is 0 Å². The van der Waals surface area contributed by atoms with Crippen molar-refractivity contribution in [3.8, 4) is 0 Å². The third kappa shape index (κ3) is 1.89. The maximum absolute atomic E-state index is 10.5. The zero-order valence-electron chi connectivity index (χ0n) is 8.09. The van der Waals surface area contributed by atoms with Gasteiger partial charge in [-0.05, 0) is 12.1 Å². The Kier molecular flexibility index (Phi) is 2.51. The lowest BCUT2D eigenvalue weighted by molar-refractivity contribution is -0.131. The van der Waals surface area contributed by atoms with Gasteiger partial charge in [0.1, 0.15) is 0 Å². The molecule has 0 amide bonds. The first-order chi connectivity index (χ1) is 7.23. The van der Waals surface area contributed by atoms with E-state index in [1.165, 1.54) is 0 Å². The lowest BCUT2D eigenvalue weighted by atomic mass is 9.81. The van der Waals surface area contributed by atoms with E-state index in [0.29, 0.717) is 13.2 Å². The minimum atomic E-state index is -0.947. The number of hydrogen-bond donors (Lipinski definition) is 1. The third-order valence-electron chi connectivity index (χ3n) is 2.44. The molecule has 78 valence electrons. The van der Waals surface area contributed by atoms with E-state index in [1.54, 1.807) is 12.3 Å². The summed E-state index contributed by atoms with van der Waals surface area (Å²) in [5.41, 5.74) is 0.508. The first-order valence-electron chi connectivity index (χ1n) is 4.64. The summed E-state index contributed by atoms with van der Waals surface area (Å²) in [4.78, 5) is 14.7. The van der Waals surface area contributed by atoms with Crippen LogP contribution in [0.1, 0.15) is 5.69 Å². The smallest absolute Gasteiger partial charge is 0.328 e. The molecule has 1 fully saturated rings. The van der Waals surface area contributed by atoms with Gasteiger partial charge < -0.3 is 9.84 Å². The number of hydrogen-bond acceptors (Lipinski definition) is 3. The average Bonchev–Trinajstić information content (AvgIpc) is 2.17. The number of carbonyl (C=O) groups is 1. The fourth-order valence-electron chi connectivity index (χ4n) is 1.54. The molecule has 0 atom stereocenters. The summed E-state index contributed by atoms with van der Waals surface area (Å²) in [5, 5.41) is 8.60. The van der Waals surface area contributed by atoms with E-state index in [1.807, 2.05) is 18.2 Å². The van der Waals surface area contributed by atoms with Gasteiger partial charge in [0.15, 0.2) is 0 Å². The number of ether oxygens (including phenoxy) is 1. The van der Waals surface area contributed by atoms with Crippen LogP contribution in [0, 0.1) is 0 Å². The van der Waals surface area contributed by atoms with E-state index in [2.05, 4.69) is 4.98 Å². The molecular weight excluding hydrogens is 194 g/mol. The Bertz CT molecular complexity index is 382. The molecule has 4 nitrogen and oxygen atoms in total. The number of carboxylic acid groups (broad SMARTS) is 1. The zero-order valence-corrected chi connectivity index (χ0v) is 8.09. The second-order valence-electron chi connectivity index (χ2n) is 3.54. The van der Waals surface area contributed by atoms with Gasteiger partial charge in [0.2, 0.25) is 0 Å². The molecule has 0 radical (unpaired) electrons. The molecule has 0 aromatic carbocycles. The van der Waals surface area contributed by atoms with Crippen LogP contribution < -0.4 is 0 Å². The highest BCUT2D eigenvalue weighted by atomic mass is 16.5. The Balaban J connectivity index is 2.26. The Morgan fingerprint density at radius 3 is 2.80 bits per heavy atom. The van der Waals surface area contributed by atoms with Gasteiger partial charge in [-0.3, -0.25) is 4.98 Å². The highest BCUT2D eigenvalue weighted by Gasteiger charge is 2.39. The Labute approximate surface area is 87.2 Å². The lowest BCUT2D eigenvalue weighted by Crippen LogP contribution is -2.45. The Morgan fingerprint density at radius 2 is 2.33 bits per heavy atom. The topological polar surface area (TPSA) is 59.4 Å². The Morgan fingerprint density at radius 1 is 1.53 bits per heavy atom. The molecule has 1 aliphatic rings. The molecule has 0 aliphatic carbocycles. The molecule has 0 bridgehead atoms. The van der Waals surface area contributed by atoms with Crippen LogP contribution in [0.25, 0.3) is 0 Å². The van der Waals surface area contributed by atoms with Crippen LogP contribution in [0.15, 0.2) is 36.5 Å². The molecule has 0 spiro atoms. The molecule has 1 aromatic rings. The fraction of sp³-hybridized carbons (Fsp3) is 0.273. The highest BCUT2D eigenvalue weighted by Crippen LogP contribution is 2.32. The van der Waals surface area contributed by atoms with Crippen LogP contribution in [-0.2, 0) is 14.9 Å². The molecule has 15 heavy (non-hydrogen) atoms. The van der Waals surface area contributed by atoms with E-state index >= 15 is 0 Å². The molecule has 1 N–H and O–H groups in total. The summed E-state index contributed by atoms with van der Waals surface area (Å²) in [6.45, 7) is 0.988.